The van der Waals surface area contributed by atoms with Crippen LogP contribution in [0.3, 0.4) is 0 Å². The SMILES string of the molecule is c1ccc(-c2cccc(-c3nc(-n4c5ccc6cccc7oc8cccc9ccc4c(c98)c5c67)cc4c3oc3ccccc34)c2)cc1. The van der Waals surface area contributed by atoms with Crippen LogP contribution in [0.2, 0.25) is 0 Å². The minimum atomic E-state index is 0.788. The normalized spacial score (nSPS) is 12.3. The van der Waals surface area contributed by atoms with Crippen molar-refractivity contribution in [2.24, 2.45) is 0 Å². The molecule has 0 amide bonds. The number of aromatic nitrogens is 2. The van der Waals surface area contributed by atoms with Gasteiger partial charge in [-0.05, 0) is 64.4 Å². The van der Waals surface area contributed by atoms with E-state index < -0.39 is 0 Å². The third-order valence-corrected chi connectivity index (χ3v) is 9.74. The van der Waals surface area contributed by atoms with E-state index in [1.54, 1.807) is 0 Å². The van der Waals surface area contributed by atoms with Gasteiger partial charge in [0, 0.05) is 37.9 Å². The number of furan rings is 1. The van der Waals surface area contributed by atoms with Crippen LogP contribution in [0.5, 0.6) is 0 Å². The van der Waals surface area contributed by atoms with Crippen molar-refractivity contribution < 1.29 is 8.83 Å². The van der Waals surface area contributed by atoms with E-state index >= 15 is 0 Å². The second kappa shape index (κ2) is 9.09. The quantitative estimate of drug-likeness (QED) is 0.203. The number of pyridine rings is 1. The van der Waals surface area contributed by atoms with Crippen LogP contribution in [0.1, 0.15) is 0 Å². The lowest BCUT2D eigenvalue weighted by molar-refractivity contribution is 0.664. The maximum atomic E-state index is 6.64. The Morgan fingerprint density at radius 1 is 0.426 bits per heavy atom. The summed E-state index contributed by atoms with van der Waals surface area (Å²) < 4.78 is 15.6. The van der Waals surface area contributed by atoms with Crippen molar-refractivity contribution >= 4 is 76.5 Å². The van der Waals surface area contributed by atoms with Gasteiger partial charge in [0.25, 0.3) is 0 Å². The van der Waals surface area contributed by atoms with Crippen LogP contribution in [0.15, 0.2) is 154 Å². The van der Waals surface area contributed by atoms with E-state index in [1.807, 2.05) is 18.2 Å². The van der Waals surface area contributed by atoms with E-state index in [0.717, 1.165) is 93.9 Å². The van der Waals surface area contributed by atoms with E-state index in [2.05, 4.69) is 132 Å². The van der Waals surface area contributed by atoms with Crippen molar-refractivity contribution in [1.82, 2.24) is 9.55 Å². The second-order valence-electron chi connectivity index (χ2n) is 12.3. The van der Waals surface area contributed by atoms with Gasteiger partial charge in [-0.25, -0.2) is 4.98 Å². The van der Waals surface area contributed by atoms with Crippen molar-refractivity contribution in [3.8, 4) is 28.2 Å². The molecule has 11 rings (SSSR count). The van der Waals surface area contributed by atoms with Crippen molar-refractivity contribution in [3.63, 3.8) is 0 Å². The van der Waals surface area contributed by atoms with Crippen molar-refractivity contribution in [2.75, 3.05) is 0 Å². The highest BCUT2D eigenvalue weighted by atomic mass is 16.3. The highest BCUT2D eigenvalue weighted by Gasteiger charge is 2.24. The fourth-order valence-electron chi connectivity index (χ4n) is 7.71. The molecule has 0 atom stereocenters. The van der Waals surface area contributed by atoms with Crippen molar-refractivity contribution in [1.29, 1.82) is 0 Å². The Morgan fingerprint density at radius 2 is 1.04 bits per heavy atom. The van der Waals surface area contributed by atoms with E-state index in [-0.39, 0.29) is 0 Å². The van der Waals surface area contributed by atoms with Gasteiger partial charge in [-0.1, -0.05) is 103 Å². The predicted octanol–water partition coefficient (Wildman–Crippen LogP) is 11.9. The number of nitrogens with zero attached hydrogens (tertiary/aromatic N) is 2. The number of rotatable bonds is 3. The first-order chi connectivity index (χ1) is 23.3. The maximum absolute atomic E-state index is 6.64. The molecule has 0 bridgehead atoms. The van der Waals surface area contributed by atoms with Crippen LogP contribution in [-0.2, 0) is 0 Å². The Balaban J connectivity index is 1.30. The molecule has 4 nitrogen and oxygen atoms in total. The Hall–Kier alpha value is -6.39. The van der Waals surface area contributed by atoms with Gasteiger partial charge < -0.3 is 8.83 Å². The summed E-state index contributed by atoms with van der Waals surface area (Å²) in [5.41, 5.74) is 9.70. The third kappa shape index (κ3) is 3.39. The highest BCUT2D eigenvalue weighted by molar-refractivity contribution is 6.33. The standard InChI is InChI=1S/C43H24N2O2/c1-2-9-25(10-3-1)28-13-6-14-29(23-28)42-43-31(30-15-4-5-16-34(30)47-43)24-37(44-42)45-32-21-19-26-11-7-17-35-38(26)40(32)41-33(45)22-20-27-12-8-18-36(46-35)39(27)41/h1-24H. The van der Waals surface area contributed by atoms with Crippen LogP contribution in [0.4, 0.5) is 0 Å². The molecule has 0 unspecified atom stereocenters. The molecule has 7 aromatic carbocycles. The Morgan fingerprint density at radius 3 is 1.79 bits per heavy atom. The molecule has 0 radical (unpaired) electrons. The summed E-state index contributed by atoms with van der Waals surface area (Å²) >= 11 is 0. The fourth-order valence-corrected chi connectivity index (χ4v) is 7.71. The van der Waals surface area contributed by atoms with Gasteiger partial charge >= 0.3 is 0 Å². The lowest BCUT2D eigenvalue weighted by Gasteiger charge is -2.12. The van der Waals surface area contributed by atoms with Crippen LogP contribution in [0, 0.1) is 0 Å². The lowest BCUT2D eigenvalue weighted by Crippen LogP contribution is -1.99. The number of hydrogen-bond donors (Lipinski definition) is 0. The molecule has 11 aromatic rings. The molecular formula is C43H24N2O2. The Bertz CT molecular complexity index is 2910. The van der Waals surface area contributed by atoms with Gasteiger partial charge in [-0.15, -0.1) is 0 Å². The van der Waals surface area contributed by atoms with Crippen LogP contribution in [-0.4, -0.2) is 9.55 Å². The summed E-state index contributed by atoms with van der Waals surface area (Å²) in [6, 6.07) is 51.0. The predicted molar refractivity (Wildman–Crippen MR) is 193 cm³/mol. The zero-order chi connectivity index (χ0) is 30.6. The monoisotopic (exact) mass is 600 g/mol. The molecule has 0 aliphatic carbocycles. The van der Waals surface area contributed by atoms with Gasteiger partial charge in [0.2, 0.25) is 0 Å². The summed E-state index contributed by atoms with van der Waals surface area (Å²) in [5.74, 6) is 0.847. The molecule has 0 N–H and O–H groups in total. The van der Waals surface area contributed by atoms with E-state index in [9.17, 15) is 0 Å². The average Bonchev–Trinajstić information content (AvgIpc) is 3.63. The zero-order valence-electron chi connectivity index (χ0n) is 25.1. The number of hydrogen-bond acceptors (Lipinski definition) is 3. The summed E-state index contributed by atoms with van der Waals surface area (Å²) in [5, 5.41) is 9.06. The zero-order valence-corrected chi connectivity index (χ0v) is 25.1. The molecular weight excluding hydrogens is 576 g/mol. The van der Waals surface area contributed by atoms with Gasteiger partial charge in [0.05, 0.1) is 11.0 Å². The number of benzene rings is 7. The molecule has 0 aliphatic heterocycles. The largest absolute Gasteiger partial charge is 0.456 e. The van der Waals surface area contributed by atoms with Crippen LogP contribution >= 0.6 is 0 Å². The molecule has 0 fully saturated rings. The van der Waals surface area contributed by atoms with Gasteiger partial charge in [-0.3, -0.25) is 4.57 Å². The topological polar surface area (TPSA) is 44.1 Å². The maximum Gasteiger partial charge on any atom is 0.161 e. The molecule has 0 saturated carbocycles. The molecule has 0 aliphatic rings. The second-order valence-corrected chi connectivity index (χ2v) is 12.3. The van der Waals surface area contributed by atoms with Crippen molar-refractivity contribution in [3.05, 3.63) is 146 Å². The molecule has 4 aromatic heterocycles. The summed E-state index contributed by atoms with van der Waals surface area (Å²) in [6.45, 7) is 0. The molecule has 47 heavy (non-hydrogen) atoms. The highest BCUT2D eigenvalue weighted by Crippen LogP contribution is 2.45. The summed E-state index contributed by atoms with van der Waals surface area (Å²) in [7, 11) is 0. The first-order valence-corrected chi connectivity index (χ1v) is 15.9. The lowest BCUT2D eigenvalue weighted by atomic mass is 10.00. The van der Waals surface area contributed by atoms with Crippen molar-refractivity contribution in [2.45, 2.75) is 0 Å². The molecule has 0 spiro atoms. The molecule has 218 valence electrons. The van der Waals surface area contributed by atoms with Gasteiger partial charge in [-0.2, -0.15) is 0 Å². The average molecular weight is 601 g/mol. The Labute approximate surface area is 268 Å². The van der Waals surface area contributed by atoms with E-state index in [4.69, 9.17) is 13.8 Å². The molecule has 4 heterocycles. The van der Waals surface area contributed by atoms with Crippen LogP contribution in [0.25, 0.3) is 105 Å². The fraction of sp³-hybridized carbons (Fsp3) is 0. The third-order valence-electron chi connectivity index (χ3n) is 9.74. The summed E-state index contributed by atoms with van der Waals surface area (Å²) in [6.07, 6.45) is 0. The first-order valence-electron chi connectivity index (χ1n) is 15.9. The molecule has 0 saturated heterocycles. The van der Waals surface area contributed by atoms with E-state index in [0.29, 0.717) is 0 Å². The van der Waals surface area contributed by atoms with E-state index in [1.165, 1.54) is 10.8 Å². The minimum Gasteiger partial charge on any atom is -0.456 e. The molecule has 4 heteroatoms. The van der Waals surface area contributed by atoms with Crippen LogP contribution < -0.4 is 0 Å². The smallest absolute Gasteiger partial charge is 0.161 e. The van der Waals surface area contributed by atoms with Gasteiger partial charge in [0.15, 0.2) is 5.58 Å². The van der Waals surface area contributed by atoms with Gasteiger partial charge in [0.1, 0.15) is 28.3 Å². The number of fused-ring (bicyclic) bond motifs is 3. The summed E-state index contributed by atoms with van der Waals surface area (Å²) in [4.78, 5) is 5.48. The Kier molecular flexibility index (Phi) is 4.81. The first kappa shape index (κ1) is 24.9. The minimum absolute atomic E-state index is 0.788. The number of para-hydroxylation sites is 1.